The molecule has 2 nitrogen and oxygen atoms in total. The second-order valence-corrected chi connectivity index (χ2v) is 6.59. The number of benzene rings is 1. The molecule has 0 bridgehead atoms. The molecule has 2 heteroatoms. The maximum absolute atomic E-state index is 5.73. The number of nitrogens with one attached hydrogen (secondary N) is 1. The van der Waals surface area contributed by atoms with Gasteiger partial charge in [0.05, 0.1) is 7.11 Å². The summed E-state index contributed by atoms with van der Waals surface area (Å²) in [5.74, 6) is 2.75. The highest BCUT2D eigenvalue weighted by Crippen LogP contribution is 2.41. The molecular formula is C19H31NO. The Morgan fingerprint density at radius 1 is 1.19 bits per heavy atom. The van der Waals surface area contributed by atoms with Gasteiger partial charge in [0.15, 0.2) is 0 Å². The van der Waals surface area contributed by atoms with Crippen molar-refractivity contribution in [1.82, 2.24) is 5.32 Å². The summed E-state index contributed by atoms with van der Waals surface area (Å²) in [6, 6.07) is 4.90. The maximum Gasteiger partial charge on any atom is 0.126 e. The van der Waals surface area contributed by atoms with E-state index in [-0.39, 0.29) is 0 Å². The molecule has 118 valence electrons. The minimum atomic E-state index is 0.414. The Morgan fingerprint density at radius 2 is 1.86 bits per heavy atom. The predicted octanol–water partition coefficient (Wildman–Crippen LogP) is 4.79. The third-order valence-corrected chi connectivity index (χ3v) is 5.50. The van der Waals surface area contributed by atoms with Crippen LogP contribution < -0.4 is 10.1 Å². The lowest BCUT2D eigenvalue weighted by Crippen LogP contribution is -2.29. The Kier molecular flexibility index (Phi) is 5.69. The fourth-order valence-corrected chi connectivity index (χ4v) is 3.90. The summed E-state index contributed by atoms with van der Waals surface area (Å²) < 4.78 is 5.73. The van der Waals surface area contributed by atoms with Crippen LogP contribution in [0.5, 0.6) is 5.75 Å². The molecule has 1 aliphatic carbocycles. The van der Waals surface area contributed by atoms with Crippen molar-refractivity contribution in [3.8, 4) is 5.75 Å². The van der Waals surface area contributed by atoms with Gasteiger partial charge in [0, 0.05) is 11.6 Å². The summed E-state index contributed by atoms with van der Waals surface area (Å²) in [4.78, 5) is 0. The van der Waals surface area contributed by atoms with Crippen LogP contribution >= 0.6 is 0 Å². The van der Waals surface area contributed by atoms with Crippen molar-refractivity contribution in [3.63, 3.8) is 0 Å². The normalized spacial score (nSPS) is 23.9. The number of hydrogen-bond acceptors (Lipinski definition) is 2. The molecule has 0 aromatic heterocycles. The molecule has 1 atom stereocenters. The van der Waals surface area contributed by atoms with Crippen LogP contribution in [0.3, 0.4) is 0 Å². The molecule has 1 aromatic carbocycles. The first kappa shape index (κ1) is 16.4. The first-order valence-corrected chi connectivity index (χ1v) is 8.43. The summed E-state index contributed by atoms with van der Waals surface area (Å²) in [5, 5.41) is 3.56. The van der Waals surface area contributed by atoms with Crippen LogP contribution in [0, 0.1) is 25.7 Å². The van der Waals surface area contributed by atoms with E-state index >= 15 is 0 Å². The average Bonchev–Trinajstić information content (AvgIpc) is 2.52. The minimum Gasteiger partial charge on any atom is -0.496 e. The molecule has 0 amide bonds. The molecule has 21 heavy (non-hydrogen) atoms. The van der Waals surface area contributed by atoms with Crippen molar-refractivity contribution in [3.05, 3.63) is 28.8 Å². The molecule has 0 spiro atoms. The first-order chi connectivity index (χ1) is 10.1. The summed E-state index contributed by atoms with van der Waals surface area (Å²) >= 11 is 0. The van der Waals surface area contributed by atoms with Crippen molar-refractivity contribution in [2.75, 3.05) is 14.2 Å². The monoisotopic (exact) mass is 289 g/mol. The summed E-state index contributed by atoms with van der Waals surface area (Å²) in [6.45, 7) is 6.65. The lowest BCUT2D eigenvalue weighted by molar-refractivity contribution is 0.221. The first-order valence-electron chi connectivity index (χ1n) is 8.43. The van der Waals surface area contributed by atoms with E-state index in [2.05, 4.69) is 45.3 Å². The van der Waals surface area contributed by atoms with Crippen molar-refractivity contribution >= 4 is 0 Å². The lowest BCUT2D eigenvalue weighted by Gasteiger charge is -2.34. The van der Waals surface area contributed by atoms with Gasteiger partial charge < -0.3 is 10.1 Å². The molecule has 0 saturated heterocycles. The Hall–Kier alpha value is -1.02. The largest absolute Gasteiger partial charge is 0.496 e. The van der Waals surface area contributed by atoms with Gasteiger partial charge in [-0.15, -0.1) is 0 Å². The van der Waals surface area contributed by atoms with Gasteiger partial charge in [-0.1, -0.05) is 38.3 Å². The fourth-order valence-electron chi connectivity index (χ4n) is 3.90. The van der Waals surface area contributed by atoms with Crippen molar-refractivity contribution in [2.24, 2.45) is 11.8 Å². The number of rotatable bonds is 5. The Morgan fingerprint density at radius 3 is 2.38 bits per heavy atom. The second-order valence-electron chi connectivity index (χ2n) is 6.59. The summed E-state index contributed by atoms with van der Waals surface area (Å²) in [6.07, 6.45) is 6.77. The molecule has 0 heterocycles. The van der Waals surface area contributed by atoms with Gasteiger partial charge in [-0.05, 0) is 56.7 Å². The Balaban J connectivity index is 2.24. The van der Waals surface area contributed by atoms with Crippen molar-refractivity contribution < 1.29 is 4.74 Å². The molecular weight excluding hydrogens is 258 g/mol. The molecule has 1 aromatic rings. The van der Waals surface area contributed by atoms with Crippen LogP contribution in [0.1, 0.15) is 61.8 Å². The minimum absolute atomic E-state index is 0.414. The predicted molar refractivity (Wildman–Crippen MR) is 90.0 cm³/mol. The third kappa shape index (κ3) is 3.42. The molecule has 1 unspecified atom stereocenters. The number of methoxy groups -OCH3 is 1. The van der Waals surface area contributed by atoms with Gasteiger partial charge in [0.2, 0.25) is 0 Å². The van der Waals surface area contributed by atoms with Crippen LogP contribution in [0.15, 0.2) is 12.1 Å². The molecule has 0 aliphatic heterocycles. The maximum atomic E-state index is 5.73. The second kappa shape index (κ2) is 7.31. The van der Waals surface area contributed by atoms with Crippen molar-refractivity contribution in [1.29, 1.82) is 0 Å². The van der Waals surface area contributed by atoms with Gasteiger partial charge in [-0.2, -0.15) is 0 Å². The van der Waals surface area contributed by atoms with Gasteiger partial charge in [-0.25, -0.2) is 0 Å². The quantitative estimate of drug-likeness (QED) is 0.841. The zero-order chi connectivity index (χ0) is 15.4. The standard InChI is InChI=1S/C19H31NO/c1-6-15-8-10-16(11-9-15)18(20-4)17-12-7-13(2)14(3)19(17)21-5/h7,12,15-16,18,20H,6,8-11H2,1-5H3. The van der Waals surface area contributed by atoms with Crippen LogP contribution in [0.2, 0.25) is 0 Å². The van der Waals surface area contributed by atoms with Gasteiger partial charge in [0.1, 0.15) is 5.75 Å². The van der Waals surface area contributed by atoms with Crippen LogP contribution in [0.4, 0.5) is 0 Å². The molecule has 1 fully saturated rings. The number of hydrogen-bond donors (Lipinski definition) is 1. The van der Waals surface area contributed by atoms with E-state index in [4.69, 9.17) is 4.74 Å². The van der Waals surface area contributed by atoms with E-state index < -0.39 is 0 Å². The van der Waals surface area contributed by atoms with Crippen LogP contribution in [-0.2, 0) is 0 Å². The summed E-state index contributed by atoms with van der Waals surface area (Å²) in [7, 11) is 3.89. The van der Waals surface area contributed by atoms with Crippen molar-refractivity contribution in [2.45, 2.75) is 58.9 Å². The Labute approximate surface area is 130 Å². The smallest absolute Gasteiger partial charge is 0.126 e. The van der Waals surface area contributed by atoms with Crippen LogP contribution in [0.25, 0.3) is 0 Å². The topological polar surface area (TPSA) is 21.3 Å². The summed E-state index contributed by atoms with van der Waals surface area (Å²) in [5.41, 5.74) is 3.92. The molecule has 2 rings (SSSR count). The van der Waals surface area contributed by atoms with E-state index in [1.165, 1.54) is 48.8 Å². The van der Waals surface area contributed by atoms with Crippen LogP contribution in [-0.4, -0.2) is 14.2 Å². The zero-order valence-corrected chi connectivity index (χ0v) is 14.3. The highest BCUT2D eigenvalue weighted by atomic mass is 16.5. The SMILES string of the molecule is CCC1CCC(C(NC)c2ccc(C)c(C)c2OC)CC1. The highest BCUT2D eigenvalue weighted by Gasteiger charge is 2.29. The average molecular weight is 289 g/mol. The van der Waals surface area contributed by atoms with E-state index in [0.717, 1.165) is 17.6 Å². The van der Waals surface area contributed by atoms with E-state index in [1.807, 2.05) is 0 Å². The Bertz CT molecular complexity index is 461. The molecule has 1 saturated carbocycles. The fraction of sp³-hybridized carbons (Fsp3) is 0.684. The van der Waals surface area contributed by atoms with E-state index in [0.29, 0.717) is 6.04 Å². The van der Waals surface area contributed by atoms with Gasteiger partial charge >= 0.3 is 0 Å². The lowest BCUT2D eigenvalue weighted by atomic mass is 9.75. The molecule has 1 aliphatic rings. The van der Waals surface area contributed by atoms with Gasteiger partial charge in [-0.3, -0.25) is 0 Å². The number of aryl methyl sites for hydroxylation is 1. The third-order valence-electron chi connectivity index (χ3n) is 5.50. The van der Waals surface area contributed by atoms with E-state index in [9.17, 15) is 0 Å². The highest BCUT2D eigenvalue weighted by molar-refractivity contribution is 5.47. The molecule has 0 radical (unpaired) electrons. The number of ether oxygens (including phenoxy) is 1. The van der Waals surface area contributed by atoms with E-state index in [1.54, 1.807) is 7.11 Å². The van der Waals surface area contributed by atoms with Gasteiger partial charge in [0.25, 0.3) is 0 Å². The molecule has 1 N–H and O–H groups in total. The zero-order valence-electron chi connectivity index (χ0n) is 14.3.